The van der Waals surface area contributed by atoms with Crippen LogP contribution < -0.4 is 5.46 Å². The van der Waals surface area contributed by atoms with E-state index in [0.29, 0.717) is 0 Å². The van der Waals surface area contributed by atoms with E-state index in [4.69, 9.17) is 14.3 Å². The zero-order valence-corrected chi connectivity index (χ0v) is 25.8. The molecule has 0 radical (unpaired) electrons. The topological polar surface area (TPSA) is 57.1 Å². The first-order chi connectivity index (χ1) is 21.8. The van der Waals surface area contributed by atoms with Gasteiger partial charge >= 0.3 is 7.12 Å². The third-order valence-corrected chi connectivity index (χ3v) is 9.47. The molecule has 0 atom stereocenters. The fraction of sp³-hybridized carbons (Fsp3) is 0.154. The Bertz CT molecular complexity index is 2160. The first-order valence-electron chi connectivity index (χ1n) is 15.4. The molecule has 1 fully saturated rings. The molecule has 4 heterocycles. The summed E-state index contributed by atoms with van der Waals surface area (Å²) in [7, 11) is -0.466. The molecule has 3 aromatic heterocycles. The molecule has 0 saturated carbocycles. The van der Waals surface area contributed by atoms with E-state index in [0.717, 1.165) is 44.5 Å². The van der Waals surface area contributed by atoms with E-state index >= 15 is 0 Å². The predicted molar refractivity (Wildman–Crippen MR) is 184 cm³/mol. The largest absolute Gasteiger partial charge is 0.495 e. The lowest BCUT2D eigenvalue weighted by Gasteiger charge is -2.32. The molecule has 7 aromatic rings. The maximum atomic E-state index is 6.58. The van der Waals surface area contributed by atoms with Gasteiger partial charge in [0.15, 0.2) is 0 Å². The Hall–Kier alpha value is -4.91. The Morgan fingerprint density at radius 2 is 1.02 bits per heavy atom. The quantitative estimate of drug-likeness (QED) is 0.153. The van der Waals surface area contributed by atoms with Crippen LogP contribution in [0.3, 0.4) is 0 Å². The smallest absolute Gasteiger partial charge is 0.399 e. The SMILES string of the molecule is CC1(C)OB(c2cc3c4ccccc4c(-c4cc(-c5cccnc5)nc(-c5cccnc5)c4)cc3c3ccccc23)OC1(C)C. The molecule has 1 saturated heterocycles. The molecular weight excluding hydrogens is 553 g/mol. The standard InChI is InChI=1S/C39H32BN3O2/c1-38(2)39(3,4)45-40(44-38)35-22-34-29-14-6-5-13-28(29)32(21-33(34)30-15-7-8-16-31(30)35)27-19-36(25-11-9-17-41-23-25)43-37(20-27)26-12-10-18-42-24-26/h5-24H,1-4H3. The van der Waals surface area contributed by atoms with E-state index in [2.05, 4.69) is 123 Å². The molecule has 0 bridgehead atoms. The molecule has 0 N–H and O–H groups in total. The summed E-state index contributed by atoms with van der Waals surface area (Å²) in [6.45, 7) is 8.41. The van der Waals surface area contributed by atoms with Gasteiger partial charge in [0.2, 0.25) is 0 Å². The summed E-state index contributed by atoms with van der Waals surface area (Å²) in [6.07, 6.45) is 7.30. The van der Waals surface area contributed by atoms with Crippen molar-refractivity contribution >= 4 is 44.9 Å². The van der Waals surface area contributed by atoms with Crippen LogP contribution in [0.2, 0.25) is 0 Å². The molecule has 5 nitrogen and oxygen atoms in total. The summed E-state index contributed by atoms with van der Waals surface area (Å²) in [5, 5.41) is 7.00. The molecule has 6 heteroatoms. The van der Waals surface area contributed by atoms with Crippen molar-refractivity contribution in [2.75, 3.05) is 0 Å². The Balaban J connectivity index is 1.41. The van der Waals surface area contributed by atoms with Crippen LogP contribution in [0.1, 0.15) is 27.7 Å². The van der Waals surface area contributed by atoms with Crippen molar-refractivity contribution in [3.8, 4) is 33.6 Å². The summed E-state index contributed by atoms with van der Waals surface area (Å²) >= 11 is 0. The van der Waals surface area contributed by atoms with E-state index in [-0.39, 0.29) is 0 Å². The predicted octanol–water partition coefficient (Wildman–Crippen LogP) is 8.63. The van der Waals surface area contributed by atoms with Gasteiger partial charge < -0.3 is 9.31 Å². The van der Waals surface area contributed by atoms with Crippen LogP contribution in [0.4, 0.5) is 0 Å². The molecule has 0 aliphatic carbocycles. The monoisotopic (exact) mass is 585 g/mol. The van der Waals surface area contributed by atoms with Crippen molar-refractivity contribution in [1.82, 2.24) is 15.0 Å². The number of hydrogen-bond donors (Lipinski definition) is 0. The van der Waals surface area contributed by atoms with Gasteiger partial charge in [0.1, 0.15) is 0 Å². The molecule has 0 amide bonds. The molecule has 4 aromatic carbocycles. The summed E-state index contributed by atoms with van der Waals surface area (Å²) in [5.74, 6) is 0. The Morgan fingerprint density at radius 3 is 1.58 bits per heavy atom. The normalized spacial score (nSPS) is 15.7. The maximum Gasteiger partial charge on any atom is 0.495 e. The summed E-state index contributed by atoms with van der Waals surface area (Å²) in [4.78, 5) is 13.8. The summed E-state index contributed by atoms with van der Waals surface area (Å²) in [5.41, 5.74) is 6.08. The maximum absolute atomic E-state index is 6.58. The van der Waals surface area contributed by atoms with E-state index in [1.807, 2.05) is 24.5 Å². The number of fused-ring (bicyclic) bond motifs is 5. The van der Waals surface area contributed by atoms with E-state index in [1.54, 1.807) is 12.4 Å². The lowest BCUT2D eigenvalue weighted by atomic mass is 9.74. The minimum atomic E-state index is -0.466. The molecule has 0 unspecified atom stereocenters. The second-order valence-electron chi connectivity index (χ2n) is 12.8. The van der Waals surface area contributed by atoms with E-state index < -0.39 is 18.3 Å². The lowest BCUT2D eigenvalue weighted by molar-refractivity contribution is 0.00578. The molecule has 1 aliphatic heterocycles. The number of benzene rings is 4. The molecule has 45 heavy (non-hydrogen) atoms. The lowest BCUT2D eigenvalue weighted by Crippen LogP contribution is -2.41. The highest BCUT2D eigenvalue weighted by molar-refractivity contribution is 6.66. The fourth-order valence-electron chi connectivity index (χ4n) is 6.39. The van der Waals surface area contributed by atoms with E-state index in [1.165, 1.54) is 26.9 Å². The van der Waals surface area contributed by atoms with Gasteiger partial charge in [-0.15, -0.1) is 0 Å². The van der Waals surface area contributed by atoms with Gasteiger partial charge in [-0.3, -0.25) is 9.97 Å². The average molecular weight is 586 g/mol. The molecule has 218 valence electrons. The highest BCUT2D eigenvalue weighted by Crippen LogP contribution is 2.41. The van der Waals surface area contributed by atoms with Crippen molar-refractivity contribution in [3.05, 3.63) is 122 Å². The Morgan fingerprint density at radius 1 is 0.511 bits per heavy atom. The van der Waals surface area contributed by atoms with Crippen molar-refractivity contribution in [2.24, 2.45) is 0 Å². The second kappa shape index (κ2) is 10.3. The van der Waals surface area contributed by atoms with Gasteiger partial charge in [-0.1, -0.05) is 54.6 Å². The minimum absolute atomic E-state index is 0.432. The Kier molecular flexibility index (Phi) is 6.35. The van der Waals surface area contributed by atoms with Gasteiger partial charge in [-0.2, -0.15) is 0 Å². The van der Waals surface area contributed by atoms with E-state index in [9.17, 15) is 0 Å². The third kappa shape index (κ3) is 4.60. The van der Waals surface area contributed by atoms with Crippen LogP contribution in [0.5, 0.6) is 0 Å². The zero-order chi connectivity index (χ0) is 30.8. The van der Waals surface area contributed by atoms with Crippen LogP contribution in [-0.4, -0.2) is 33.3 Å². The molecule has 8 rings (SSSR count). The molecular formula is C39H32BN3O2. The number of nitrogens with zero attached hydrogens (tertiary/aromatic N) is 3. The van der Waals surface area contributed by atoms with Crippen LogP contribution in [0.25, 0.3) is 66.0 Å². The van der Waals surface area contributed by atoms with Gasteiger partial charge in [-0.25, -0.2) is 4.98 Å². The molecule has 0 spiro atoms. The minimum Gasteiger partial charge on any atom is -0.399 e. The highest BCUT2D eigenvalue weighted by Gasteiger charge is 2.52. The van der Waals surface area contributed by atoms with Crippen LogP contribution in [-0.2, 0) is 9.31 Å². The van der Waals surface area contributed by atoms with Crippen molar-refractivity contribution in [3.63, 3.8) is 0 Å². The molecule has 1 aliphatic rings. The number of pyridine rings is 3. The number of hydrogen-bond acceptors (Lipinski definition) is 5. The van der Waals surface area contributed by atoms with Crippen LogP contribution in [0, 0.1) is 0 Å². The first-order valence-corrected chi connectivity index (χ1v) is 15.4. The van der Waals surface area contributed by atoms with Gasteiger partial charge in [0.05, 0.1) is 22.6 Å². The van der Waals surface area contributed by atoms with Crippen LogP contribution in [0.15, 0.2) is 122 Å². The summed E-state index contributed by atoms with van der Waals surface area (Å²) < 4.78 is 13.2. The van der Waals surface area contributed by atoms with Gasteiger partial charge in [-0.05, 0) is 119 Å². The number of aromatic nitrogens is 3. The van der Waals surface area contributed by atoms with Gasteiger partial charge in [0, 0.05) is 35.9 Å². The fourth-order valence-corrected chi connectivity index (χ4v) is 6.39. The second-order valence-corrected chi connectivity index (χ2v) is 12.8. The Labute approximate surface area is 263 Å². The van der Waals surface area contributed by atoms with Crippen molar-refractivity contribution in [2.45, 2.75) is 38.9 Å². The van der Waals surface area contributed by atoms with Crippen molar-refractivity contribution < 1.29 is 9.31 Å². The highest BCUT2D eigenvalue weighted by atomic mass is 16.7. The van der Waals surface area contributed by atoms with Crippen LogP contribution >= 0.6 is 0 Å². The number of rotatable bonds is 4. The summed E-state index contributed by atoms with van der Waals surface area (Å²) in [6, 6.07) is 34.2. The average Bonchev–Trinajstić information content (AvgIpc) is 3.30. The first kappa shape index (κ1) is 27.6. The third-order valence-electron chi connectivity index (χ3n) is 9.47. The van der Waals surface area contributed by atoms with Gasteiger partial charge in [0.25, 0.3) is 0 Å². The van der Waals surface area contributed by atoms with Crippen molar-refractivity contribution in [1.29, 1.82) is 0 Å². The zero-order valence-electron chi connectivity index (χ0n) is 25.8.